The molecule has 0 bridgehead atoms. The van der Waals surface area contributed by atoms with Crippen molar-refractivity contribution in [1.82, 2.24) is 4.90 Å². The number of amides is 1. The van der Waals surface area contributed by atoms with E-state index in [2.05, 4.69) is 30.8 Å². The summed E-state index contributed by atoms with van der Waals surface area (Å²) >= 11 is 0. The molecule has 112 valence electrons. The lowest BCUT2D eigenvalue weighted by atomic mass is 10.0. The molecule has 1 aliphatic heterocycles. The normalized spacial score (nSPS) is 17.0. The van der Waals surface area contributed by atoms with Crippen molar-refractivity contribution in [2.45, 2.75) is 32.8 Å². The second kappa shape index (κ2) is 7.07. The van der Waals surface area contributed by atoms with Gasteiger partial charge in [0.15, 0.2) is 6.10 Å². The second-order valence-electron chi connectivity index (χ2n) is 5.23. The van der Waals surface area contributed by atoms with Gasteiger partial charge >= 0.3 is 0 Å². The average Bonchev–Trinajstić information content (AvgIpc) is 2.95. The van der Waals surface area contributed by atoms with Crippen molar-refractivity contribution in [3.8, 4) is 0 Å². The van der Waals surface area contributed by atoms with Gasteiger partial charge < -0.3 is 9.74 Å². The number of carbonyl (C=O) groups is 1. The Bertz CT molecular complexity index is 551. The lowest BCUT2D eigenvalue weighted by Gasteiger charge is -2.22. The third kappa shape index (κ3) is 3.72. The van der Waals surface area contributed by atoms with Crippen molar-refractivity contribution in [1.29, 1.82) is 0 Å². The van der Waals surface area contributed by atoms with Gasteiger partial charge in [0.05, 0.1) is 12.3 Å². The molecule has 21 heavy (non-hydrogen) atoms. The summed E-state index contributed by atoms with van der Waals surface area (Å²) < 4.78 is 0. The van der Waals surface area contributed by atoms with E-state index in [4.69, 9.17) is 4.84 Å². The Kier molecular flexibility index (Phi) is 5.14. The molecule has 1 aliphatic rings. The zero-order valence-corrected chi connectivity index (χ0v) is 12.7. The van der Waals surface area contributed by atoms with Crippen molar-refractivity contribution >= 4 is 11.6 Å². The molecule has 0 fully saturated rings. The van der Waals surface area contributed by atoms with Gasteiger partial charge in [0.25, 0.3) is 0 Å². The van der Waals surface area contributed by atoms with Gasteiger partial charge in [-0.2, -0.15) is 0 Å². The molecule has 1 unspecified atom stereocenters. The molecule has 1 aromatic rings. The molecule has 1 aromatic carbocycles. The smallest absolute Gasteiger partial charge is 0.222 e. The maximum absolute atomic E-state index is 11.9. The topological polar surface area (TPSA) is 41.9 Å². The Morgan fingerprint density at radius 3 is 2.95 bits per heavy atom. The Labute approximate surface area is 126 Å². The fourth-order valence-corrected chi connectivity index (χ4v) is 2.49. The van der Waals surface area contributed by atoms with Crippen molar-refractivity contribution in [2.75, 3.05) is 13.1 Å². The summed E-state index contributed by atoms with van der Waals surface area (Å²) in [7, 11) is 0. The number of benzene rings is 1. The van der Waals surface area contributed by atoms with Gasteiger partial charge in [0, 0.05) is 24.9 Å². The zero-order valence-electron chi connectivity index (χ0n) is 12.7. The number of nitrogens with zero attached hydrogens (tertiary/aromatic N) is 2. The number of aryl methyl sites for hydroxylation is 1. The Morgan fingerprint density at radius 2 is 2.29 bits per heavy atom. The van der Waals surface area contributed by atoms with Crippen LogP contribution in [0.2, 0.25) is 0 Å². The van der Waals surface area contributed by atoms with Crippen molar-refractivity contribution in [2.24, 2.45) is 5.16 Å². The van der Waals surface area contributed by atoms with E-state index < -0.39 is 0 Å². The van der Waals surface area contributed by atoms with E-state index in [1.54, 1.807) is 11.0 Å². The standard InChI is InChI=1S/C17H22N2O2/c1-4-10-19(17(20)5-2)12-14-11-16(18-21-14)15-9-7-6-8-13(15)3/h4,6-9,14H,1,5,10-12H2,2-3H3. The van der Waals surface area contributed by atoms with Gasteiger partial charge in [-0.3, -0.25) is 4.79 Å². The lowest BCUT2D eigenvalue weighted by molar-refractivity contribution is -0.132. The van der Waals surface area contributed by atoms with Crippen LogP contribution in [-0.4, -0.2) is 35.7 Å². The van der Waals surface area contributed by atoms with Crippen LogP contribution in [0.3, 0.4) is 0 Å². The van der Waals surface area contributed by atoms with Crippen LogP contribution in [0, 0.1) is 6.92 Å². The maximum Gasteiger partial charge on any atom is 0.222 e. The molecule has 0 saturated heterocycles. The molecular weight excluding hydrogens is 264 g/mol. The van der Waals surface area contributed by atoms with E-state index in [9.17, 15) is 4.79 Å². The molecule has 1 amide bonds. The minimum Gasteiger partial charge on any atom is -0.390 e. The summed E-state index contributed by atoms with van der Waals surface area (Å²) in [4.78, 5) is 19.2. The van der Waals surface area contributed by atoms with Gasteiger partial charge in [-0.15, -0.1) is 6.58 Å². The van der Waals surface area contributed by atoms with E-state index in [1.165, 1.54) is 5.56 Å². The van der Waals surface area contributed by atoms with Crippen molar-refractivity contribution in [3.05, 3.63) is 48.0 Å². The molecule has 0 saturated carbocycles. The summed E-state index contributed by atoms with van der Waals surface area (Å²) in [5, 5.41) is 4.20. The minimum atomic E-state index is -0.0740. The Hall–Kier alpha value is -2.10. The first-order valence-corrected chi connectivity index (χ1v) is 7.33. The Balaban J connectivity index is 1.99. The monoisotopic (exact) mass is 286 g/mol. The predicted molar refractivity (Wildman–Crippen MR) is 84.3 cm³/mol. The highest BCUT2D eigenvalue weighted by Gasteiger charge is 2.26. The third-order valence-electron chi connectivity index (χ3n) is 3.62. The van der Waals surface area contributed by atoms with Crippen LogP contribution in [0.1, 0.15) is 30.9 Å². The van der Waals surface area contributed by atoms with Gasteiger partial charge in [0.2, 0.25) is 5.91 Å². The van der Waals surface area contributed by atoms with Crippen LogP contribution in [-0.2, 0) is 9.63 Å². The van der Waals surface area contributed by atoms with Crippen LogP contribution in [0.5, 0.6) is 0 Å². The van der Waals surface area contributed by atoms with Crippen LogP contribution in [0.15, 0.2) is 42.1 Å². The van der Waals surface area contributed by atoms with E-state index in [0.717, 1.165) is 17.7 Å². The van der Waals surface area contributed by atoms with Gasteiger partial charge in [-0.05, 0) is 12.5 Å². The fraction of sp³-hybridized carbons (Fsp3) is 0.412. The summed E-state index contributed by atoms with van der Waals surface area (Å²) in [6, 6.07) is 8.13. The van der Waals surface area contributed by atoms with Crippen molar-refractivity contribution in [3.63, 3.8) is 0 Å². The summed E-state index contributed by atoms with van der Waals surface area (Å²) in [6.45, 7) is 8.73. The Morgan fingerprint density at radius 1 is 1.52 bits per heavy atom. The van der Waals surface area contributed by atoms with Crippen LogP contribution >= 0.6 is 0 Å². The highest BCUT2D eigenvalue weighted by Crippen LogP contribution is 2.20. The summed E-state index contributed by atoms with van der Waals surface area (Å²) in [5.74, 6) is 0.114. The maximum atomic E-state index is 11.9. The first-order valence-electron chi connectivity index (χ1n) is 7.33. The largest absolute Gasteiger partial charge is 0.390 e. The van der Waals surface area contributed by atoms with E-state index in [-0.39, 0.29) is 12.0 Å². The number of carbonyl (C=O) groups excluding carboxylic acids is 1. The summed E-state index contributed by atoms with van der Waals surface area (Å²) in [6.07, 6.45) is 2.89. The average molecular weight is 286 g/mol. The molecule has 0 N–H and O–H groups in total. The fourth-order valence-electron chi connectivity index (χ4n) is 2.49. The minimum absolute atomic E-state index is 0.0740. The van der Waals surface area contributed by atoms with E-state index >= 15 is 0 Å². The second-order valence-corrected chi connectivity index (χ2v) is 5.23. The zero-order chi connectivity index (χ0) is 15.2. The van der Waals surface area contributed by atoms with Crippen molar-refractivity contribution < 1.29 is 9.63 Å². The van der Waals surface area contributed by atoms with E-state index in [1.807, 2.05) is 19.1 Å². The number of hydrogen-bond donors (Lipinski definition) is 0. The van der Waals surface area contributed by atoms with Crippen LogP contribution in [0.4, 0.5) is 0 Å². The number of oxime groups is 1. The highest BCUT2D eigenvalue weighted by molar-refractivity contribution is 6.02. The quantitative estimate of drug-likeness (QED) is 0.755. The number of rotatable bonds is 6. The van der Waals surface area contributed by atoms with Gasteiger partial charge in [-0.25, -0.2) is 0 Å². The van der Waals surface area contributed by atoms with E-state index in [0.29, 0.717) is 19.5 Å². The molecule has 4 nitrogen and oxygen atoms in total. The van der Waals surface area contributed by atoms with Crippen LogP contribution in [0.25, 0.3) is 0 Å². The van der Waals surface area contributed by atoms with Gasteiger partial charge in [0.1, 0.15) is 0 Å². The highest BCUT2D eigenvalue weighted by atomic mass is 16.6. The predicted octanol–water partition coefficient (Wildman–Crippen LogP) is 2.91. The van der Waals surface area contributed by atoms with Crippen LogP contribution < -0.4 is 0 Å². The first kappa shape index (κ1) is 15.3. The number of hydrogen-bond acceptors (Lipinski definition) is 3. The summed E-state index contributed by atoms with van der Waals surface area (Å²) in [5.41, 5.74) is 3.27. The van der Waals surface area contributed by atoms with Gasteiger partial charge in [-0.1, -0.05) is 42.4 Å². The molecule has 0 aliphatic carbocycles. The SMILES string of the molecule is C=CCN(CC1CC(c2ccccc2C)=NO1)C(=O)CC. The lowest BCUT2D eigenvalue weighted by Crippen LogP contribution is -2.37. The molecule has 1 heterocycles. The molecule has 0 spiro atoms. The molecular formula is C17H22N2O2. The first-order chi connectivity index (χ1) is 10.2. The third-order valence-corrected chi connectivity index (χ3v) is 3.62. The molecule has 1 atom stereocenters. The molecule has 0 aromatic heterocycles. The molecule has 4 heteroatoms. The molecule has 0 radical (unpaired) electrons. The molecule has 2 rings (SSSR count).